The maximum atomic E-state index is 12.9. The van der Waals surface area contributed by atoms with Gasteiger partial charge in [-0.25, -0.2) is 4.98 Å². The molecule has 1 aliphatic rings. The predicted octanol–water partition coefficient (Wildman–Crippen LogP) is 4.19. The molecule has 1 N–H and O–H groups in total. The third kappa shape index (κ3) is 6.19. The van der Waals surface area contributed by atoms with Gasteiger partial charge >= 0.3 is 0 Å². The van der Waals surface area contributed by atoms with Crippen molar-refractivity contribution in [1.82, 2.24) is 20.1 Å². The molecule has 1 fully saturated rings. The summed E-state index contributed by atoms with van der Waals surface area (Å²) in [5.74, 6) is 0.758. The van der Waals surface area contributed by atoms with Crippen LogP contribution in [0.2, 0.25) is 0 Å². The highest BCUT2D eigenvalue weighted by Crippen LogP contribution is 2.29. The van der Waals surface area contributed by atoms with Gasteiger partial charge in [-0.15, -0.1) is 11.3 Å². The second-order valence-electron chi connectivity index (χ2n) is 8.47. The Balaban J connectivity index is 1.36. The summed E-state index contributed by atoms with van der Waals surface area (Å²) in [4.78, 5) is 23.0. The highest BCUT2D eigenvalue weighted by molar-refractivity contribution is 7.17. The summed E-state index contributed by atoms with van der Waals surface area (Å²) in [5, 5.41) is 3.92. The summed E-state index contributed by atoms with van der Waals surface area (Å²) < 4.78 is 5.51. The number of hydrogen-bond donors (Lipinski definition) is 1. The molecule has 1 aliphatic heterocycles. The predicted molar refractivity (Wildman–Crippen MR) is 134 cm³/mol. The number of likely N-dealkylation sites (N-methyl/N-ethyl adjacent to an activating group) is 1. The van der Waals surface area contributed by atoms with Gasteiger partial charge in [-0.2, -0.15) is 0 Å². The monoisotopic (exact) mass is 464 g/mol. The first-order valence-electron chi connectivity index (χ1n) is 11.5. The second-order valence-corrected chi connectivity index (χ2v) is 9.47. The molecule has 4 rings (SSSR count). The van der Waals surface area contributed by atoms with E-state index < -0.39 is 0 Å². The van der Waals surface area contributed by atoms with E-state index in [1.165, 1.54) is 16.9 Å². The minimum Gasteiger partial charge on any atom is -0.494 e. The van der Waals surface area contributed by atoms with Crippen molar-refractivity contribution in [3.05, 3.63) is 70.2 Å². The van der Waals surface area contributed by atoms with Crippen molar-refractivity contribution < 1.29 is 9.53 Å². The van der Waals surface area contributed by atoms with Crippen LogP contribution in [-0.4, -0.2) is 60.5 Å². The quantitative estimate of drug-likeness (QED) is 0.542. The number of benzene rings is 2. The highest BCUT2D eigenvalue weighted by Gasteiger charge is 2.17. The average Bonchev–Trinajstić information content (AvgIpc) is 3.22. The van der Waals surface area contributed by atoms with Gasteiger partial charge in [0.25, 0.3) is 5.91 Å². The molecule has 0 aliphatic carbocycles. The molecule has 1 aromatic heterocycles. The number of ether oxygens (including phenoxy) is 1. The van der Waals surface area contributed by atoms with Crippen molar-refractivity contribution in [3.8, 4) is 16.3 Å². The molecule has 2 aromatic carbocycles. The summed E-state index contributed by atoms with van der Waals surface area (Å²) in [6, 6.07) is 16.3. The Kier molecular flexibility index (Phi) is 7.75. The van der Waals surface area contributed by atoms with Crippen LogP contribution in [-0.2, 0) is 13.1 Å². The SMILES string of the molecule is CCOc1ccc(-c2nc(C)c(C(=O)NCc3cccc(CN4CCN(C)CC4)c3)s2)cc1. The van der Waals surface area contributed by atoms with E-state index in [0.717, 1.165) is 60.3 Å². The number of piperazine rings is 1. The lowest BCUT2D eigenvalue weighted by Crippen LogP contribution is -2.43. The average molecular weight is 465 g/mol. The van der Waals surface area contributed by atoms with Crippen LogP contribution in [0.4, 0.5) is 0 Å². The molecule has 7 heteroatoms. The molecule has 0 bridgehead atoms. The summed E-state index contributed by atoms with van der Waals surface area (Å²) in [6.07, 6.45) is 0. The number of hydrogen-bond acceptors (Lipinski definition) is 6. The number of rotatable bonds is 8. The van der Waals surface area contributed by atoms with E-state index in [2.05, 4.69) is 51.4 Å². The van der Waals surface area contributed by atoms with E-state index in [1.807, 2.05) is 38.1 Å². The molecule has 1 saturated heterocycles. The van der Waals surface area contributed by atoms with Crippen molar-refractivity contribution in [1.29, 1.82) is 0 Å². The molecular weight excluding hydrogens is 432 g/mol. The van der Waals surface area contributed by atoms with Gasteiger partial charge < -0.3 is 15.0 Å². The zero-order valence-electron chi connectivity index (χ0n) is 19.6. The smallest absolute Gasteiger partial charge is 0.263 e. The first-order chi connectivity index (χ1) is 16.0. The van der Waals surface area contributed by atoms with Gasteiger partial charge in [0.1, 0.15) is 15.6 Å². The Hall–Kier alpha value is -2.74. The maximum Gasteiger partial charge on any atom is 0.263 e. The summed E-state index contributed by atoms with van der Waals surface area (Å²) >= 11 is 1.43. The number of carbonyl (C=O) groups excluding carboxylic acids is 1. The van der Waals surface area contributed by atoms with Crippen LogP contribution in [0, 0.1) is 6.92 Å². The highest BCUT2D eigenvalue weighted by atomic mass is 32.1. The first-order valence-corrected chi connectivity index (χ1v) is 12.3. The number of thiazole rings is 1. The second kappa shape index (κ2) is 10.9. The molecule has 2 heterocycles. The van der Waals surface area contributed by atoms with Gasteiger partial charge in [0.2, 0.25) is 0 Å². The number of aromatic nitrogens is 1. The number of carbonyl (C=O) groups is 1. The van der Waals surface area contributed by atoms with E-state index in [-0.39, 0.29) is 5.91 Å². The molecule has 0 unspecified atom stereocenters. The van der Waals surface area contributed by atoms with Crippen molar-refractivity contribution in [2.45, 2.75) is 26.9 Å². The lowest BCUT2D eigenvalue weighted by molar-refractivity contribution is 0.0954. The molecule has 6 nitrogen and oxygen atoms in total. The van der Waals surface area contributed by atoms with Gasteiger partial charge in [0.05, 0.1) is 12.3 Å². The van der Waals surface area contributed by atoms with Crippen LogP contribution in [0.25, 0.3) is 10.6 Å². The van der Waals surface area contributed by atoms with Crippen molar-refractivity contribution in [2.75, 3.05) is 39.8 Å². The van der Waals surface area contributed by atoms with E-state index in [0.29, 0.717) is 18.0 Å². The molecular formula is C26H32N4O2S. The number of amides is 1. The van der Waals surface area contributed by atoms with Crippen molar-refractivity contribution >= 4 is 17.2 Å². The fraction of sp³-hybridized carbons (Fsp3) is 0.385. The Bertz CT molecular complexity index is 1070. The van der Waals surface area contributed by atoms with Crippen LogP contribution in [0.15, 0.2) is 48.5 Å². The van der Waals surface area contributed by atoms with Gasteiger partial charge in [0.15, 0.2) is 0 Å². The van der Waals surface area contributed by atoms with Crippen molar-refractivity contribution in [3.63, 3.8) is 0 Å². The summed E-state index contributed by atoms with van der Waals surface area (Å²) in [6.45, 7) is 10.4. The number of aryl methyl sites for hydroxylation is 1. The van der Waals surface area contributed by atoms with Gasteiger partial charge in [-0.05, 0) is 56.3 Å². The van der Waals surface area contributed by atoms with E-state index in [1.54, 1.807) is 0 Å². The Morgan fingerprint density at radius 1 is 1.09 bits per heavy atom. The van der Waals surface area contributed by atoms with E-state index in [4.69, 9.17) is 4.74 Å². The molecule has 0 radical (unpaired) electrons. The molecule has 0 atom stereocenters. The van der Waals surface area contributed by atoms with Crippen LogP contribution < -0.4 is 10.1 Å². The number of nitrogens with zero attached hydrogens (tertiary/aromatic N) is 3. The Morgan fingerprint density at radius 3 is 2.55 bits per heavy atom. The number of nitrogens with one attached hydrogen (secondary N) is 1. The molecule has 174 valence electrons. The lowest BCUT2D eigenvalue weighted by Gasteiger charge is -2.32. The molecule has 0 saturated carbocycles. The summed E-state index contributed by atoms with van der Waals surface area (Å²) in [5.41, 5.74) is 4.15. The van der Waals surface area contributed by atoms with Gasteiger partial charge in [-0.1, -0.05) is 24.3 Å². The van der Waals surface area contributed by atoms with Crippen molar-refractivity contribution in [2.24, 2.45) is 0 Å². The zero-order valence-corrected chi connectivity index (χ0v) is 20.5. The molecule has 0 spiro atoms. The summed E-state index contributed by atoms with van der Waals surface area (Å²) in [7, 11) is 2.17. The standard InChI is InChI=1S/C26H32N4O2S/c1-4-32-23-10-8-22(9-11-23)26-28-19(2)24(33-26)25(31)27-17-20-6-5-7-21(16-20)18-30-14-12-29(3)13-15-30/h5-11,16H,4,12-15,17-18H2,1-3H3,(H,27,31). The molecule has 33 heavy (non-hydrogen) atoms. The molecule has 3 aromatic rings. The maximum absolute atomic E-state index is 12.9. The minimum atomic E-state index is -0.0772. The van der Waals surface area contributed by atoms with E-state index in [9.17, 15) is 4.79 Å². The first kappa shape index (κ1) is 23.4. The fourth-order valence-corrected chi connectivity index (χ4v) is 4.94. The van der Waals surface area contributed by atoms with Gasteiger partial charge in [-0.3, -0.25) is 9.69 Å². The fourth-order valence-electron chi connectivity index (χ4n) is 3.96. The van der Waals surface area contributed by atoms with Crippen LogP contribution >= 0.6 is 11.3 Å². The lowest BCUT2D eigenvalue weighted by atomic mass is 10.1. The third-order valence-electron chi connectivity index (χ3n) is 5.86. The Labute approximate surface area is 200 Å². The normalized spacial score (nSPS) is 14.9. The minimum absolute atomic E-state index is 0.0772. The largest absolute Gasteiger partial charge is 0.494 e. The van der Waals surface area contributed by atoms with Crippen LogP contribution in [0.3, 0.4) is 0 Å². The third-order valence-corrected chi connectivity index (χ3v) is 7.07. The van der Waals surface area contributed by atoms with Crippen LogP contribution in [0.5, 0.6) is 5.75 Å². The zero-order chi connectivity index (χ0) is 23.2. The van der Waals surface area contributed by atoms with Gasteiger partial charge in [0, 0.05) is 44.8 Å². The van der Waals surface area contributed by atoms with Crippen LogP contribution in [0.1, 0.15) is 33.4 Å². The van der Waals surface area contributed by atoms with E-state index >= 15 is 0 Å². The topological polar surface area (TPSA) is 57.7 Å². The molecule has 1 amide bonds. The Morgan fingerprint density at radius 2 is 1.82 bits per heavy atom.